The number of hydrogen-bond donors (Lipinski definition) is 0. The van der Waals surface area contributed by atoms with Gasteiger partial charge in [0.05, 0.1) is 7.11 Å². The van der Waals surface area contributed by atoms with E-state index in [1.165, 1.54) is 6.42 Å². The van der Waals surface area contributed by atoms with E-state index in [1.54, 1.807) is 14.0 Å². The number of Topliss-reactive ketones (excluding diaryl/α,β-unsaturated/α-hetero) is 1. The first kappa shape index (κ1) is 13.1. The highest BCUT2D eigenvalue weighted by Gasteiger charge is 2.06. The van der Waals surface area contributed by atoms with Crippen LogP contribution >= 0.6 is 11.8 Å². The largest absolute Gasteiger partial charge is 0.496 e. The Morgan fingerprint density at radius 1 is 1.44 bits per heavy atom. The van der Waals surface area contributed by atoms with Crippen LogP contribution in [0.4, 0.5) is 0 Å². The Kier molecular flexibility index (Phi) is 5.39. The zero-order valence-corrected chi connectivity index (χ0v) is 10.9. The number of carbonyl (C=O) groups excluding carboxylic acids is 1. The van der Waals surface area contributed by atoms with Gasteiger partial charge in [-0.15, -0.1) is 0 Å². The van der Waals surface area contributed by atoms with E-state index in [0.29, 0.717) is 0 Å². The fraction of sp³-hybridized carbons (Fsp3) is 0.462. The van der Waals surface area contributed by atoms with E-state index in [2.05, 4.69) is 6.92 Å². The average molecular weight is 238 g/mol. The van der Waals surface area contributed by atoms with Gasteiger partial charge in [-0.25, -0.2) is 0 Å². The van der Waals surface area contributed by atoms with Crippen LogP contribution in [0.3, 0.4) is 0 Å². The highest BCUT2D eigenvalue weighted by molar-refractivity contribution is 7.98. The summed E-state index contributed by atoms with van der Waals surface area (Å²) in [7, 11) is 1.66. The zero-order chi connectivity index (χ0) is 12.0. The number of methoxy groups -OCH3 is 1. The molecule has 3 heteroatoms. The Hall–Kier alpha value is -0.960. The molecule has 1 rings (SSSR count). The third-order valence-corrected chi connectivity index (χ3v) is 3.51. The number of carbonyl (C=O) groups is 1. The molecular weight excluding hydrogens is 220 g/mol. The van der Waals surface area contributed by atoms with Crippen molar-refractivity contribution in [2.75, 3.05) is 12.9 Å². The van der Waals surface area contributed by atoms with Crippen LogP contribution in [0.2, 0.25) is 0 Å². The van der Waals surface area contributed by atoms with Crippen molar-refractivity contribution in [3.63, 3.8) is 0 Å². The lowest BCUT2D eigenvalue weighted by Gasteiger charge is -2.09. The van der Waals surface area contributed by atoms with Gasteiger partial charge in [0.15, 0.2) is 5.78 Å². The normalized spacial score (nSPS) is 10.2. The lowest BCUT2D eigenvalue weighted by molar-refractivity contribution is 0.101. The van der Waals surface area contributed by atoms with E-state index in [4.69, 9.17) is 4.74 Å². The lowest BCUT2D eigenvalue weighted by Crippen LogP contribution is -1.97. The van der Waals surface area contributed by atoms with Gasteiger partial charge in [0.2, 0.25) is 0 Å². The zero-order valence-electron chi connectivity index (χ0n) is 10.1. The summed E-state index contributed by atoms with van der Waals surface area (Å²) in [6.45, 7) is 3.75. The Morgan fingerprint density at radius 3 is 2.75 bits per heavy atom. The standard InChI is InChI=1S/C13H18O2S/c1-4-7-16-9-12-8-11(10(2)14)5-6-13(12)15-3/h5-6,8H,4,7,9H2,1-3H3. The average Bonchev–Trinajstić information content (AvgIpc) is 2.29. The fourth-order valence-corrected chi connectivity index (χ4v) is 2.32. The van der Waals surface area contributed by atoms with Crippen LogP contribution in [-0.2, 0) is 5.75 Å². The molecule has 0 aliphatic rings. The predicted octanol–water partition coefficient (Wildman–Crippen LogP) is 3.54. The van der Waals surface area contributed by atoms with Crippen LogP contribution in [0.5, 0.6) is 5.75 Å². The van der Waals surface area contributed by atoms with Crippen LogP contribution in [0.15, 0.2) is 18.2 Å². The van der Waals surface area contributed by atoms with Gasteiger partial charge in [-0.2, -0.15) is 11.8 Å². The van der Waals surface area contributed by atoms with Crippen molar-refractivity contribution >= 4 is 17.5 Å². The van der Waals surface area contributed by atoms with Crippen LogP contribution in [0.1, 0.15) is 36.2 Å². The van der Waals surface area contributed by atoms with Gasteiger partial charge in [0.25, 0.3) is 0 Å². The minimum Gasteiger partial charge on any atom is -0.496 e. The molecule has 0 spiro atoms. The maximum absolute atomic E-state index is 11.3. The van der Waals surface area contributed by atoms with Crippen molar-refractivity contribution in [2.45, 2.75) is 26.0 Å². The quantitative estimate of drug-likeness (QED) is 0.560. The molecule has 0 fully saturated rings. The molecule has 88 valence electrons. The molecule has 1 aromatic carbocycles. The summed E-state index contributed by atoms with van der Waals surface area (Å²) < 4.78 is 5.29. The number of rotatable bonds is 6. The maximum Gasteiger partial charge on any atom is 0.159 e. The lowest BCUT2D eigenvalue weighted by atomic mass is 10.1. The molecule has 1 aromatic rings. The summed E-state index contributed by atoms with van der Waals surface area (Å²) >= 11 is 1.86. The molecule has 0 aliphatic heterocycles. The minimum absolute atomic E-state index is 0.101. The molecule has 0 heterocycles. The molecule has 0 atom stereocenters. The van der Waals surface area contributed by atoms with Crippen molar-refractivity contribution in [1.29, 1.82) is 0 Å². The van der Waals surface area contributed by atoms with E-state index in [1.807, 2.05) is 30.0 Å². The predicted molar refractivity (Wildman–Crippen MR) is 69.5 cm³/mol. The molecule has 0 bridgehead atoms. The molecule has 16 heavy (non-hydrogen) atoms. The van der Waals surface area contributed by atoms with Gasteiger partial charge < -0.3 is 4.74 Å². The van der Waals surface area contributed by atoms with E-state index >= 15 is 0 Å². The first-order valence-corrected chi connectivity index (χ1v) is 6.60. The Morgan fingerprint density at radius 2 is 2.19 bits per heavy atom. The molecule has 2 nitrogen and oxygen atoms in total. The Balaban J connectivity index is 2.84. The van der Waals surface area contributed by atoms with Gasteiger partial charge >= 0.3 is 0 Å². The summed E-state index contributed by atoms with van der Waals surface area (Å²) in [4.78, 5) is 11.3. The summed E-state index contributed by atoms with van der Waals surface area (Å²) in [5, 5.41) is 0. The van der Waals surface area contributed by atoms with E-state index in [-0.39, 0.29) is 5.78 Å². The SMILES string of the molecule is CCCSCc1cc(C(C)=O)ccc1OC. The summed E-state index contributed by atoms with van der Waals surface area (Å²) in [6.07, 6.45) is 1.17. The minimum atomic E-state index is 0.101. The Bertz CT molecular complexity index is 361. The molecule has 0 unspecified atom stereocenters. The topological polar surface area (TPSA) is 26.3 Å². The molecule has 0 N–H and O–H groups in total. The summed E-state index contributed by atoms with van der Waals surface area (Å²) in [5.41, 5.74) is 1.86. The van der Waals surface area contributed by atoms with Crippen LogP contribution in [-0.4, -0.2) is 18.6 Å². The highest BCUT2D eigenvalue weighted by atomic mass is 32.2. The first-order valence-electron chi connectivity index (χ1n) is 5.44. The third-order valence-electron chi connectivity index (χ3n) is 2.29. The second-order valence-electron chi connectivity index (χ2n) is 3.64. The van der Waals surface area contributed by atoms with Crippen molar-refractivity contribution < 1.29 is 9.53 Å². The Labute approximate surface area is 101 Å². The number of benzene rings is 1. The number of thioether (sulfide) groups is 1. The fourth-order valence-electron chi connectivity index (χ4n) is 1.44. The summed E-state index contributed by atoms with van der Waals surface area (Å²) in [6, 6.07) is 5.62. The summed E-state index contributed by atoms with van der Waals surface area (Å²) in [5.74, 6) is 3.00. The monoisotopic (exact) mass is 238 g/mol. The second-order valence-corrected chi connectivity index (χ2v) is 4.74. The van der Waals surface area contributed by atoms with Gasteiger partial charge in [0, 0.05) is 16.9 Å². The molecule has 0 aromatic heterocycles. The van der Waals surface area contributed by atoms with Crippen molar-refractivity contribution in [3.05, 3.63) is 29.3 Å². The molecule has 0 saturated carbocycles. The van der Waals surface area contributed by atoms with Crippen LogP contribution < -0.4 is 4.74 Å². The van der Waals surface area contributed by atoms with Crippen molar-refractivity contribution in [3.8, 4) is 5.75 Å². The number of ether oxygens (including phenoxy) is 1. The van der Waals surface area contributed by atoms with Crippen LogP contribution in [0, 0.1) is 0 Å². The first-order chi connectivity index (χ1) is 7.69. The smallest absolute Gasteiger partial charge is 0.159 e. The van der Waals surface area contributed by atoms with Gasteiger partial charge in [0.1, 0.15) is 5.75 Å². The van der Waals surface area contributed by atoms with E-state index in [9.17, 15) is 4.79 Å². The van der Waals surface area contributed by atoms with Gasteiger partial charge in [-0.3, -0.25) is 4.79 Å². The highest BCUT2D eigenvalue weighted by Crippen LogP contribution is 2.25. The second kappa shape index (κ2) is 6.59. The number of hydrogen-bond acceptors (Lipinski definition) is 3. The van der Waals surface area contributed by atoms with Gasteiger partial charge in [-0.1, -0.05) is 6.92 Å². The van der Waals surface area contributed by atoms with Crippen molar-refractivity contribution in [1.82, 2.24) is 0 Å². The van der Waals surface area contributed by atoms with E-state index < -0.39 is 0 Å². The molecule has 0 saturated heterocycles. The maximum atomic E-state index is 11.3. The molecule has 0 aliphatic carbocycles. The molecule has 0 radical (unpaired) electrons. The number of ketones is 1. The molecular formula is C13H18O2S. The van der Waals surface area contributed by atoms with Crippen LogP contribution in [0.25, 0.3) is 0 Å². The van der Waals surface area contributed by atoms with E-state index in [0.717, 1.165) is 28.4 Å². The molecule has 0 amide bonds. The van der Waals surface area contributed by atoms with Gasteiger partial charge in [-0.05, 0) is 37.3 Å². The third kappa shape index (κ3) is 3.56. The van der Waals surface area contributed by atoms with Crippen molar-refractivity contribution in [2.24, 2.45) is 0 Å².